The van der Waals surface area contributed by atoms with Crippen LogP contribution in [-0.2, 0) is 0 Å². The van der Waals surface area contributed by atoms with Crippen molar-refractivity contribution < 1.29 is 4.74 Å². The highest BCUT2D eigenvalue weighted by molar-refractivity contribution is 6.36. The highest BCUT2D eigenvalue weighted by atomic mass is 35.5. The molecular weight excluding hydrogens is 864 g/mol. The molecule has 0 fully saturated rings. The van der Waals surface area contributed by atoms with Crippen molar-refractivity contribution in [1.82, 2.24) is 9.13 Å². The average Bonchev–Trinajstić information content (AvgIpc) is 3.88. The summed E-state index contributed by atoms with van der Waals surface area (Å²) in [6.45, 7) is 0. The Morgan fingerprint density at radius 1 is 0.313 bits per heavy atom. The predicted molar refractivity (Wildman–Crippen MR) is 281 cm³/mol. The van der Waals surface area contributed by atoms with Gasteiger partial charge in [-0.2, -0.15) is 0 Å². The first kappa shape index (κ1) is 40.3. The van der Waals surface area contributed by atoms with E-state index < -0.39 is 0 Å². The van der Waals surface area contributed by atoms with Crippen LogP contribution in [-0.4, -0.2) is 9.13 Å². The number of benzene rings is 10. The molecule has 0 aliphatic carbocycles. The van der Waals surface area contributed by atoms with Gasteiger partial charge in [-0.15, -0.1) is 0 Å². The lowest BCUT2D eigenvalue weighted by Crippen LogP contribution is -2.15. The minimum Gasteiger partial charge on any atom is -0.456 e. The lowest BCUT2D eigenvalue weighted by atomic mass is 10.1. The largest absolute Gasteiger partial charge is 0.456 e. The van der Waals surface area contributed by atoms with Gasteiger partial charge in [-0.05, 0) is 109 Å². The third-order valence-electron chi connectivity index (χ3n) is 12.4. The van der Waals surface area contributed by atoms with E-state index in [1.54, 1.807) is 0 Å². The van der Waals surface area contributed by atoms with Gasteiger partial charge in [0.15, 0.2) is 0 Å². The Balaban J connectivity index is 1.18. The fraction of sp³-hybridized carbons (Fsp3) is 0. The number of anilines is 6. The van der Waals surface area contributed by atoms with Crippen molar-refractivity contribution in [2.75, 3.05) is 9.80 Å². The molecule has 12 aromatic rings. The molecule has 0 N–H and O–H groups in total. The van der Waals surface area contributed by atoms with Gasteiger partial charge in [0.05, 0.1) is 49.8 Å². The van der Waals surface area contributed by atoms with E-state index in [-0.39, 0.29) is 0 Å². The molecule has 0 saturated heterocycles. The predicted octanol–water partition coefficient (Wildman–Crippen LogP) is 17.9. The van der Waals surface area contributed by atoms with Gasteiger partial charge in [-0.3, -0.25) is 0 Å². The molecule has 0 amide bonds. The maximum absolute atomic E-state index is 8.06. The normalized spacial score (nSPS) is 11.4. The van der Waals surface area contributed by atoms with Crippen LogP contribution in [0.15, 0.2) is 243 Å². The summed E-state index contributed by atoms with van der Waals surface area (Å²) in [5.74, 6) is 1.29. The monoisotopic (exact) mass is 902 g/mol. The van der Waals surface area contributed by atoms with E-state index in [2.05, 4.69) is 207 Å². The SMILES string of the molecule is Clc1c(Oc2ccccc2)cccc1-n1c2ccccc2c2cc3c4ccccc4n(-c4cc(N(c5ccccc5)c5ccccc5)cc(N(c5ccccc5)c5ccccc5)c4Cl)c3cc21. The van der Waals surface area contributed by atoms with Gasteiger partial charge in [0, 0.05) is 44.3 Å². The first-order valence-corrected chi connectivity index (χ1v) is 23.0. The maximum Gasteiger partial charge on any atom is 0.148 e. The summed E-state index contributed by atoms with van der Waals surface area (Å²) < 4.78 is 11.0. The summed E-state index contributed by atoms with van der Waals surface area (Å²) in [4.78, 5) is 4.55. The van der Waals surface area contributed by atoms with E-state index in [1.165, 1.54) is 0 Å². The molecule has 67 heavy (non-hydrogen) atoms. The summed E-state index contributed by atoms with van der Waals surface area (Å²) in [6, 6.07) is 83.8. The summed E-state index contributed by atoms with van der Waals surface area (Å²) in [7, 11) is 0. The topological polar surface area (TPSA) is 25.6 Å². The number of rotatable bonds is 10. The molecule has 0 saturated carbocycles. The maximum atomic E-state index is 8.06. The minimum atomic E-state index is 0.513. The lowest BCUT2D eigenvalue weighted by Gasteiger charge is -2.31. The zero-order valence-corrected chi connectivity index (χ0v) is 37.6. The van der Waals surface area contributed by atoms with Crippen LogP contribution in [0.3, 0.4) is 0 Å². The average molecular weight is 904 g/mol. The fourth-order valence-electron chi connectivity index (χ4n) is 9.53. The number of para-hydroxylation sites is 7. The van der Waals surface area contributed by atoms with Gasteiger partial charge >= 0.3 is 0 Å². The molecule has 7 heteroatoms. The molecule has 12 rings (SSSR count). The fourth-order valence-corrected chi connectivity index (χ4v) is 10.1. The number of aromatic nitrogens is 2. The Hall–Kier alpha value is -8.22. The molecule has 5 nitrogen and oxygen atoms in total. The van der Waals surface area contributed by atoms with E-state index in [4.69, 9.17) is 27.9 Å². The van der Waals surface area contributed by atoms with Gasteiger partial charge in [0.25, 0.3) is 0 Å². The number of nitrogens with zero attached hydrogens (tertiary/aromatic N) is 4. The van der Waals surface area contributed by atoms with Crippen LogP contribution in [0.2, 0.25) is 10.0 Å². The number of halogens is 2. The van der Waals surface area contributed by atoms with E-state index in [1.807, 2.05) is 54.6 Å². The highest BCUT2D eigenvalue weighted by Crippen LogP contribution is 2.49. The number of fused-ring (bicyclic) bond motifs is 6. The van der Waals surface area contributed by atoms with Gasteiger partial charge in [-0.1, -0.05) is 157 Å². The van der Waals surface area contributed by atoms with Crippen LogP contribution < -0.4 is 14.5 Å². The minimum absolute atomic E-state index is 0.513. The third kappa shape index (κ3) is 7.04. The molecule has 0 aliphatic rings. The molecule has 0 aliphatic heterocycles. The second-order valence-electron chi connectivity index (χ2n) is 16.4. The Morgan fingerprint density at radius 2 is 0.761 bits per heavy atom. The second kappa shape index (κ2) is 17.0. The summed E-state index contributed by atoms with van der Waals surface area (Å²) in [5, 5.41) is 5.55. The number of hydrogen-bond donors (Lipinski definition) is 0. The summed E-state index contributed by atoms with van der Waals surface area (Å²) in [6.07, 6.45) is 0. The highest BCUT2D eigenvalue weighted by Gasteiger charge is 2.26. The summed E-state index contributed by atoms with van der Waals surface area (Å²) >= 11 is 15.5. The van der Waals surface area contributed by atoms with Crippen LogP contribution >= 0.6 is 23.2 Å². The van der Waals surface area contributed by atoms with Gasteiger partial charge < -0.3 is 23.7 Å². The van der Waals surface area contributed by atoms with E-state index >= 15 is 0 Å². The molecule has 2 heterocycles. The van der Waals surface area contributed by atoms with E-state index in [0.717, 1.165) is 89.1 Å². The van der Waals surface area contributed by atoms with Crippen molar-refractivity contribution in [2.45, 2.75) is 0 Å². The molecule has 10 aromatic carbocycles. The van der Waals surface area contributed by atoms with Crippen molar-refractivity contribution in [2.24, 2.45) is 0 Å². The standard InChI is InChI=1S/C60H40Cl2N4O/c61-59-56(64(43-25-10-3-11-26-43)44-27-12-4-13-28-44)37-45(63(41-21-6-1-7-22-41)42-23-8-2-9-24-42)38-57(59)66-52-34-19-17-32-48(52)50-39-49-47-31-16-18-33-51(47)65(54(49)40-55(50)66)53-35-20-36-58(60(53)62)67-46-29-14-5-15-30-46/h1-40H. The van der Waals surface area contributed by atoms with Crippen molar-refractivity contribution in [3.05, 3.63) is 253 Å². The van der Waals surface area contributed by atoms with Crippen LogP contribution in [0.5, 0.6) is 11.5 Å². The Kier molecular flexibility index (Phi) is 10.2. The van der Waals surface area contributed by atoms with Crippen LogP contribution in [0, 0.1) is 0 Å². The van der Waals surface area contributed by atoms with E-state index in [9.17, 15) is 0 Å². The molecule has 0 bridgehead atoms. The van der Waals surface area contributed by atoms with Crippen LogP contribution in [0.25, 0.3) is 55.0 Å². The van der Waals surface area contributed by atoms with Crippen LogP contribution in [0.1, 0.15) is 0 Å². The Morgan fingerprint density at radius 3 is 1.28 bits per heavy atom. The first-order chi connectivity index (χ1) is 33.1. The van der Waals surface area contributed by atoms with Gasteiger partial charge in [0.1, 0.15) is 16.5 Å². The molecule has 0 spiro atoms. The molecular formula is C60H40Cl2N4O. The van der Waals surface area contributed by atoms with E-state index in [0.29, 0.717) is 21.5 Å². The molecule has 2 aromatic heterocycles. The van der Waals surface area contributed by atoms with Gasteiger partial charge in [-0.25, -0.2) is 0 Å². The third-order valence-corrected chi connectivity index (χ3v) is 13.2. The Labute approximate surface area is 398 Å². The van der Waals surface area contributed by atoms with Crippen molar-refractivity contribution in [3.63, 3.8) is 0 Å². The van der Waals surface area contributed by atoms with Crippen molar-refractivity contribution >= 4 is 101 Å². The molecule has 320 valence electrons. The van der Waals surface area contributed by atoms with Gasteiger partial charge in [0.2, 0.25) is 0 Å². The lowest BCUT2D eigenvalue weighted by molar-refractivity contribution is 0.483. The zero-order chi connectivity index (χ0) is 44.8. The first-order valence-electron chi connectivity index (χ1n) is 22.2. The quantitative estimate of drug-likeness (QED) is 0.137. The van der Waals surface area contributed by atoms with Crippen molar-refractivity contribution in [3.8, 4) is 22.9 Å². The zero-order valence-electron chi connectivity index (χ0n) is 36.0. The van der Waals surface area contributed by atoms with Crippen molar-refractivity contribution in [1.29, 1.82) is 0 Å². The molecule has 0 radical (unpaired) electrons. The molecule has 0 unspecified atom stereocenters. The number of hydrogen-bond acceptors (Lipinski definition) is 3. The number of ether oxygens (including phenoxy) is 1. The Bertz CT molecular complexity index is 3670. The molecule has 0 atom stereocenters. The second-order valence-corrected chi connectivity index (χ2v) is 17.2. The van der Waals surface area contributed by atoms with Crippen LogP contribution in [0.4, 0.5) is 34.1 Å². The summed E-state index contributed by atoms with van der Waals surface area (Å²) in [5.41, 5.74) is 11.4. The smallest absolute Gasteiger partial charge is 0.148 e.